The van der Waals surface area contributed by atoms with Crippen LogP contribution in [0.4, 0.5) is 5.82 Å². The topological polar surface area (TPSA) is 93.9 Å². The van der Waals surface area contributed by atoms with Crippen LogP contribution in [0, 0.1) is 6.92 Å². The van der Waals surface area contributed by atoms with Crippen molar-refractivity contribution in [2.45, 2.75) is 25.6 Å². The van der Waals surface area contributed by atoms with Crippen LogP contribution in [-0.2, 0) is 19.1 Å². The molecule has 0 unspecified atom stereocenters. The summed E-state index contributed by atoms with van der Waals surface area (Å²) in [5, 5.41) is 6.05. The maximum Gasteiger partial charge on any atom is 0.315 e. The summed E-state index contributed by atoms with van der Waals surface area (Å²) < 4.78 is 16.0. The molecule has 1 N–H and O–H groups in total. The number of rotatable bonds is 1. The third kappa shape index (κ3) is 2.91. The zero-order chi connectivity index (χ0) is 14.9. The van der Waals surface area contributed by atoms with Crippen molar-refractivity contribution >= 4 is 17.6 Å². The molecule has 2 saturated heterocycles. The first-order valence-corrected chi connectivity index (χ1v) is 6.89. The molecule has 0 aromatic carbocycles. The second-order valence-electron chi connectivity index (χ2n) is 5.18. The Labute approximate surface area is 121 Å². The lowest BCUT2D eigenvalue weighted by Crippen LogP contribution is -2.50. The first-order valence-electron chi connectivity index (χ1n) is 6.89. The van der Waals surface area contributed by atoms with Crippen molar-refractivity contribution in [3.63, 3.8) is 0 Å². The number of ether oxygens (including phenoxy) is 2. The summed E-state index contributed by atoms with van der Waals surface area (Å²) in [5.74, 6) is -1.05. The highest BCUT2D eigenvalue weighted by Crippen LogP contribution is 2.31. The van der Waals surface area contributed by atoms with E-state index in [1.165, 1.54) is 4.90 Å². The summed E-state index contributed by atoms with van der Waals surface area (Å²) in [6, 6.07) is 1.55. The summed E-state index contributed by atoms with van der Waals surface area (Å²) in [7, 11) is 0. The molecule has 8 nitrogen and oxygen atoms in total. The summed E-state index contributed by atoms with van der Waals surface area (Å²) >= 11 is 0. The number of anilines is 1. The Hall–Kier alpha value is -1.93. The minimum absolute atomic E-state index is 0.238. The molecule has 114 valence electrons. The number of aromatic nitrogens is 1. The molecule has 0 saturated carbocycles. The average Bonchev–Trinajstić information content (AvgIpc) is 3.09. The van der Waals surface area contributed by atoms with E-state index in [-0.39, 0.29) is 5.82 Å². The van der Waals surface area contributed by atoms with E-state index in [9.17, 15) is 9.59 Å². The van der Waals surface area contributed by atoms with Gasteiger partial charge in [-0.05, 0) is 6.92 Å². The van der Waals surface area contributed by atoms with E-state index in [0.29, 0.717) is 44.9 Å². The Morgan fingerprint density at radius 2 is 1.95 bits per heavy atom. The van der Waals surface area contributed by atoms with Crippen LogP contribution in [-0.4, -0.2) is 54.0 Å². The van der Waals surface area contributed by atoms with Crippen molar-refractivity contribution in [3.8, 4) is 0 Å². The van der Waals surface area contributed by atoms with Crippen LogP contribution in [0.3, 0.4) is 0 Å². The van der Waals surface area contributed by atoms with Crippen molar-refractivity contribution in [2.75, 3.05) is 31.6 Å². The van der Waals surface area contributed by atoms with Gasteiger partial charge in [0.05, 0.1) is 13.2 Å². The standard InChI is InChI=1S/C13H17N3O5/c1-9-8-10(15-21-9)14-11(17)12(18)16-4-2-13(3-5-16)19-6-7-20-13/h8H,2-7H2,1H3,(H,14,15,17). The molecule has 2 aliphatic rings. The molecule has 2 fully saturated rings. The van der Waals surface area contributed by atoms with Gasteiger partial charge in [-0.25, -0.2) is 0 Å². The lowest BCUT2D eigenvalue weighted by molar-refractivity contribution is -0.187. The predicted octanol–water partition coefficient (Wildman–Crippen LogP) is 0.287. The highest BCUT2D eigenvalue weighted by Gasteiger charge is 2.41. The number of piperidine rings is 1. The molecule has 1 spiro atoms. The summed E-state index contributed by atoms with van der Waals surface area (Å²) in [5.41, 5.74) is 0. The number of hydrogen-bond acceptors (Lipinski definition) is 6. The Balaban J connectivity index is 1.55. The van der Waals surface area contributed by atoms with E-state index in [1.54, 1.807) is 13.0 Å². The number of aryl methyl sites for hydroxylation is 1. The molecule has 1 aromatic rings. The lowest BCUT2D eigenvalue weighted by atomic mass is 10.0. The fourth-order valence-electron chi connectivity index (χ4n) is 2.57. The molecule has 2 amide bonds. The van der Waals surface area contributed by atoms with Crippen LogP contribution in [0.1, 0.15) is 18.6 Å². The number of likely N-dealkylation sites (tertiary alicyclic amines) is 1. The first kappa shape index (κ1) is 14.0. The molecule has 8 heteroatoms. The zero-order valence-corrected chi connectivity index (χ0v) is 11.8. The number of nitrogens with zero attached hydrogens (tertiary/aromatic N) is 2. The van der Waals surface area contributed by atoms with Gasteiger partial charge in [-0.15, -0.1) is 0 Å². The van der Waals surface area contributed by atoms with Gasteiger partial charge in [-0.2, -0.15) is 0 Å². The van der Waals surface area contributed by atoms with Gasteiger partial charge >= 0.3 is 11.8 Å². The van der Waals surface area contributed by atoms with E-state index in [1.807, 2.05) is 0 Å². The molecule has 0 bridgehead atoms. The first-order chi connectivity index (χ1) is 10.1. The zero-order valence-electron chi connectivity index (χ0n) is 11.8. The van der Waals surface area contributed by atoms with Crippen molar-refractivity contribution in [2.24, 2.45) is 0 Å². The van der Waals surface area contributed by atoms with Crippen molar-refractivity contribution in [1.29, 1.82) is 0 Å². The second-order valence-corrected chi connectivity index (χ2v) is 5.18. The molecule has 21 heavy (non-hydrogen) atoms. The molecule has 3 rings (SSSR count). The largest absolute Gasteiger partial charge is 0.360 e. The maximum atomic E-state index is 12.1. The maximum absolute atomic E-state index is 12.1. The van der Waals surface area contributed by atoms with Gasteiger partial charge in [0.1, 0.15) is 5.76 Å². The van der Waals surface area contributed by atoms with Crippen LogP contribution in [0.25, 0.3) is 0 Å². The van der Waals surface area contributed by atoms with Crippen LogP contribution in [0.5, 0.6) is 0 Å². The summed E-state index contributed by atoms with van der Waals surface area (Å²) in [6.45, 7) is 3.74. The number of nitrogens with one attached hydrogen (secondary N) is 1. The van der Waals surface area contributed by atoms with Crippen LogP contribution in [0.2, 0.25) is 0 Å². The Bertz CT molecular complexity index is 540. The average molecular weight is 295 g/mol. The molecule has 0 aliphatic carbocycles. The summed E-state index contributed by atoms with van der Waals surface area (Å²) in [4.78, 5) is 25.5. The summed E-state index contributed by atoms with van der Waals surface area (Å²) in [6.07, 6.45) is 1.16. The van der Waals surface area contributed by atoms with Gasteiger partial charge in [-0.1, -0.05) is 5.16 Å². The predicted molar refractivity (Wildman–Crippen MR) is 70.3 cm³/mol. The Kier molecular flexibility index (Phi) is 3.64. The Morgan fingerprint density at radius 3 is 2.52 bits per heavy atom. The normalized spacial score (nSPS) is 20.7. The lowest BCUT2D eigenvalue weighted by Gasteiger charge is -2.37. The molecule has 3 heterocycles. The second kappa shape index (κ2) is 5.45. The number of carbonyl (C=O) groups excluding carboxylic acids is 2. The van der Waals surface area contributed by atoms with Crippen molar-refractivity contribution in [1.82, 2.24) is 10.1 Å². The fourth-order valence-corrected chi connectivity index (χ4v) is 2.57. The number of amides is 2. The van der Waals surface area contributed by atoms with Gasteiger partial charge in [0.15, 0.2) is 11.6 Å². The SMILES string of the molecule is Cc1cc(NC(=O)C(=O)N2CCC3(CC2)OCCO3)no1. The minimum atomic E-state index is -0.715. The molecule has 0 radical (unpaired) electrons. The van der Waals surface area contributed by atoms with Crippen LogP contribution >= 0.6 is 0 Å². The monoisotopic (exact) mass is 295 g/mol. The third-order valence-corrected chi connectivity index (χ3v) is 3.69. The molecular weight excluding hydrogens is 278 g/mol. The molecule has 2 aliphatic heterocycles. The number of hydrogen-bond donors (Lipinski definition) is 1. The van der Waals surface area contributed by atoms with E-state index in [2.05, 4.69) is 10.5 Å². The van der Waals surface area contributed by atoms with Gasteiger partial charge in [0, 0.05) is 32.0 Å². The van der Waals surface area contributed by atoms with Gasteiger partial charge in [0.25, 0.3) is 0 Å². The number of carbonyl (C=O) groups is 2. The fraction of sp³-hybridized carbons (Fsp3) is 0.615. The van der Waals surface area contributed by atoms with E-state index < -0.39 is 17.6 Å². The van der Waals surface area contributed by atoms with Crippen LogP contribution < -0.4 is 5.32 Å². The van der Waals surface area contributed by atoms with E-state index >= 15 is 0 Å². The molecule has 0 atom stereocenters. The van der Waals surface area contributed by atoms with Crippen molar-refractivity contribution in [3.05, 3.63) is 11.8 Å². The highest BCUT2D eigenvalue weighted by molar-refractivity contribution is 6.39. The molecular formula is C13H17N3O5. The quantitative estimate of drug-likeness (QED) is 0.748. The highest BCUT2D eigenvalue weighted by atomic mass is 16.7. The molecule has 1 aromatic heterocycles. The van der Waals surface area contributed by atoms with Gasteiger partial charge in [-0.3, -0.25) is 14.9 Å². The smallest absolute Gasteiger partial charge is 0.315 e. The Morgan fingerprint density at radius 1 is 1.29 bits per heavy atom. The van der Waals surface area contributed by atoms with Crippen molar-refractivity contribution < 1.29 is 23.6 Å². The van der Waals surface area contributed by atoms with Crippen LogP contribution in [0.15, 0.2) is 10.6 Å². The van der Waals surface area contributed by atoms with E-state index in [0.717, 1.165) is 0 Å². The van der Waals surface area contributed by atoms with Gasteiger partial charge < -0.3 is 18.9 Å². The third-order valence-electron chi connectivity index (χ3n) is 3.69. The van der Waals surface area contributed by atoms with Gasteiger partial charge in [0.2, 0.25) is 0 Å². The minimum Gasteiger partial charge on any atom is -0.360 e. The van der Waals surface area contributed by atoms with E-state index in [4.69, 9.17) is 14.0 Å².